The summed E-state index contributed by atoms with van der Waals surface area (Å²) in [5, 5.41) is 2.97. The first kappa shape index (κ1) is 17.3. The molecule has 1 N–H and O–H groups in total. The Morgan fingerprint density at radius 3 is 2.74 bits per heavy atom. The third-order valence-corrected chi connectivity index (χ3v) is 5.09. The van der Waals surface area contributed by atoms with Gasteiger partial charge in [-0.25, -0.2) is 0 Å². The third-order valence-electron chi connectivity index (χ3n) is 5.09. The lowest BCUT2D eigenvalue weighted by molar-refractivity contribution is -0.130. The van der Waals surface area contributed by atoms with Crippen LogP contribution in [0.5, 0.6) is 5.75 Å². The molecule has 0 radical (unpaired) electrons. The van der Waals surface area contributed by atoms with Crippen molar-refractivity contribution in [2.75, 3.05) is 6.54 Å². The molecule has 2 aliphatic rings. The summed E-state index contributed by atoms with van der Waals surface area (Å²) in [5.41, 5.74) is 3.21. The number of hydrogen-bond donors (Lipinski definition) is 1. The minimum Gasteiger partial charge on any atom is -0.488 e. The standard InChI is InChI=1S/C22H22N2O3/c1-15(25)24-11-10-16-6-2-4-8-19(16)20(24)13-22(26)23-14-18-12-17-7-3-5-9-21(17)27-18/h2-11,18,20H,12-14H2,1H3,(H,23,26)/t18-,20+/m1/s1. The van der Waals surface area contributed by atoms with Crippen molar-refractivity contribution in [1.82, 2.24) is 10.2 Å². The van der Waals surface area contributed by atoms with E-state index >= 15 is 0 Å². The second kappa shape index (κ2) is 7.27. The third kappa shape index (κ3) is 3.58. The molecule has 0 saturated carbocycles. The summed E-state index contributed by atoms with van der Waals surface area (Å²) in [6.45, 7) is 1.98. The van der Waals surface area contributed by atoms with E-state index in [2.05, 4.69) is 5.32 Å². The van der Waals surface area contributed by atoms with E-state index in [0.717, 1.165) is 23.3 Å². The van der Waals surface area contributed by atoms with Crippen LogP contribution in [0.15, 0.2) is 54.7 Å². The predicted octanol–water partition coefficient (Wildman–Crippen LogP) is 3.07. The minimum atomic E-state index is -0.287. The average Bonchev–Trinajstić information content (AvgIpc) is 3.09. The highest BCUT2D eigenvalue weighted by molar-refractivity contribution is 5.81. The lowest BCUT2D eigenvalue weighted by Gasteiger charge is -2.32. The number of benzene rings is 2. The molecule has 2 aromatic rings. The van der Waals surface area contributed by atoms with Gasteiger partial charge in [-0.05, 0) is 28.8 Å². The molecule has 4 rings (SSSR count). The Morgan fingerprint density at radius 2 is 1.93 bits per heavy atom. The first-order valence-corrected chi connectivity index (χ1v) is 9.19. The topological polar surface area (TPSA) is 58.6 Å². The molecule has 2 aromatic carbocycles. The first-order valence-electron chi connectivity index (χ1n) is 9.19. The van der Waals surface area contributed by atoms with E-state index in [1.165, 1.54) is 12.5 Å². The number of carbonyl (C=O) groups is 2. The van der Waals surface area contributed by atoms with Crippen LogP contribution < -0.4 is 10.1 Å². The molecular weight excluding hydrogens is 340 g/mol. The Morgan fingerprint density at radius 1 is 1.15 bits per heavy atom. The van der Waals surface area contributed by atoms with Crippen LogP contribution in [0.1, 0.15) is 36.1 Å². The van der Waals surface area contributed by atoms with Crippen molar-refractivity contribution >= 4 is 17.9 Å². The van der Waals surface area contributed by atoms with E-state index in [0.29, 0.717) is 6.54 Å². The molecule has 5 nitrogen and oxygen atoms in total. The van der Waals surface area contributed by atoms with E-state index in [1.54, 1.807) is 11.1 Å². The Labute approximate surface area is 158 Å². The number of amides is 2. The molecule has 0 spiro atoms. The highest BCUT2D eigenvalue weighted by Crippen LogP contribution is 2.33. The number of nitrogens with one attached hydrogen (secondary N) is 1. The van der Waals surface area contributed by atoms with Crippen LogP contribution in [-0.2, 0) is 16.0 Å². The predicted molar refractivity (Wildman–Crippen MR) is 103 cm³/mol. The van der Waals surface area contributed by atoms with Crippen molar-refractivity contribution in [2.45, 2.75) is 31.9 Å². The molecule has 2 aliphatic heterocycles. The van der Waals surface area contributed by atoms with Crippen molar-refractivity contribution in [2.24, 2.45) is 0 Å². The summed E-state index contributed by atoms with van der Waals surface area (Å²) in [6, 6.07) is 15.5. The van der Waals surface area contributed by atoms with Crippen molar-refractivity contribution in [3.8, 4) is 5.75 Å². The zero-order valence-corrected chi connectivity index (χ0v) is 15.2. The molecule has 5 heteroatoms. The molecule has 2 amide bonds. The van der Waals surface area contributed by atoms with Gasteiger partial charge >= 0.3 is 0 Å². The van der Waals surface area contributed by atoms with Crippen LogP contribution in [0.25, 0.3) is 6.08 Å². The molecular formula is C22H22N2O3. The van der Waals surface area contributed by atoms with Gasteiger partial charge in [0.1, 0.15) is 11.9 Å². The van der Waals surface area contributed by atoms with Gasteiger partial charge in [0.15, 0.2) is 0 Å². The molecule has 27 heavy (non-hydrogen) atoms. The molecule has 2 atom stereocenters. The summed E-state index contributed by atoms with van der Waals surface area (Å²) in [7, 11) is 0. The van der Waals surface area contributed by atoms with Crippen molar-refractivity contribution in [3.63, 3.8) is 0 Å². The van der Waals surface area contributed by atoms with Gasteiger partial charge in [0.05, 0.1) is 19.0 Å². The molecule has 0 unspecified atom stereocenters. The van der Waals surface area contributed by atoms with E-state index < -0.39 is 0 Å². The summed E-state index contributed by atoms with van der Waals surface area (Å²) < 4.78 is 5.87. The molecule has 0 aliphatic carbocycles. The summed E-state index contributed by atoms with van der Waals surface area (Å²) >= 11 is 0. The van der Waals surface area contributed by atoms with Gasteiger partial charge in [0.2, 0.25) is 11.8 Å². The fraction of sp³-hybridized carbons (Fsp3) is 0.273. The monoisotopic (exact) mass is 362 g/mol. The van der Waals surface area contributed by atoms with E-state index in [-0.39, 0.29) is 30.4 Å². The number of carbonyl (C=O) groups excluding carboxylic acids is 2. The fourth-order valence-corrected chi connectivity index (χ4v) is 3.76. The Kier molecular flexibility index (Phi) is 4.67. The molecule has 2 heterocycles. The fourth-order valence-electron chi connectivity index (χ4n) is 3.76. The Hall–Kier alpha value is -3.08. The number of ether oxygens (including phenoxy) is 1. The highest BCUT2D eigenvalue weighted by atomic mass is 16.5. The quantitative estimate of drug-likeness (QED) is 0.909. The molecule has 138 valence electrons. The Bertz CT molecular complexity index is 881. The first-order chi connectivity index (χ1) is 13.1. The largest absolute Gasteiger partial charge is 0.488 e. The maximum Gasteiger partial charge on any atom is 0.223 e. The van der Waals surface area contributed by atoms with Crippen molar-refractivity contribution in [3.05, 3.63) is 71.4 Å². The van der Waals surface area contributed by atoms with Crippen LogP contribution in [0.4, 0.5) is 0 Å². The highest BCUT2D eigenvalue weighted by Gasteiger charge is 2.29. The van der Waals surface area contributed by atoms with Gasteiger partial charge < -0.3 is 15.0 Å². The summed E-state index contributed by atoms with van der Waals surface area (Å²) in [6.07, 6.45) is 4.65. The molecule has 0 aromatic heterocycles. The van der Waals surface area contributed by atoms with Crippen LogP contribution >= 0.6 is 0 Å². The smallest absolute Gasteiger partial charge is 0.223 e. The average molecular weight is 362 g/mol. The second-order valence-corrected chi connectivity index (χ2v) is 6.95. The van der Waals surface area contributed by atoms with Crippen LogP contribution in [0.3, 0.4) is 0 Å². The molecule has 0 saturated heterocycles. The van der Waals surface area contributed by atoms with Crippen molar-refractivity contribution in [1.29, 1.82) is 0 Å². The van der Waals surface area contributed by atoms with Gasteiger partial charge in [-0.2, -0.15) is 0 Å². The molecule has 0 bridgehead atoms. The number of hydrogen-bond acceptors (Lipinski definition) is 3. The van der Waals surface area contributed by atoms with Gasteiger partial charge in [-0.1, -0.05) is 42.5 Å². The van der Waals surface area contributed by atoms with Gasteiger partial charge in [-0.15, -0.1) is 0 Å². The zero-order valence-electron chi connectivity index (χ0n) is 15.2. The van der Waals surface area contributed by atoms with Crippen molar-refractivity contribution < 1.29 is 14.3 Å². The minimum absolute atomic E-state index is 0.0474. The van der Waals surface area contributed by atoms with E-state index in [4.69, 9.17) is 4.74 Å². The Balaban J connectivity index is 1.40. The van der Waals surface area contributed by atoms with Gasteiger partial charge in [0, 0.05) is 19.5 Å². The van der Waals surface area contributed by atoms with Gasteiger partial charge in [0.25, 0.3) is 0 Å². The maximum atomic E-state index is 12.6. The normalized spacial score (nSPS) is 19.8. The SMILES string of the molecule is CC(=O)N1C=Cc2ccccc2[C@@H]1CC(=O)NC[C@H]1Cc2ccccc2O1. The van der Waals surface area contributed by atoms with Crippen LogP contribution in [-0.4, -0.2) is 29.4 Å². The summed E-state index contributed by atoms with van der Waals surface area (Å²) in [5.74, 6) is 0.731. The molecule has 0 fully saturated rings. The van der Waals surface area contributed by atoms with Gasteiger partial charge in [-0.3, -0.25) is 9.59 Å². The van der Waals surface area contributed by atoms with Crippen LogP contribution in [0, 0.1) is 0 Å². The number of rotatable bonds is 4. The lowest BCUT2D eigenvalue weighted by Crippen LogP contribution is -2.38. The van der Waals surface area contributed by atoms with E-state index in [1.807, 2.05) is 54.6 Å². The lowest BCUT2D eigenvalue weighted by atomic mass is 9.93. The van der Waals surface area contributed by atoms with E-state index in [9.17, 15) is 9.59 Å². The number of nitrogens with zero attached hydrogens (tertiary/aromatic N) is 1. The second-order valence-electron chi connectivity index (χ2n) is 6.95. The zero-order chi connectivity index (χ0) is 18.8. The number of para-hydroxylation sites is 1. The van der Waals surface area contributed by atoms with Crippen LogP contribution in [0.2, 0.25) is 0 Å². The maximum absolute atomic E-state index is 12.6. The number of fused-ring (bicyclic) bond motifs is 2. The summed E-state index contributed by atoms with van der Waals surface area (Å²) in [4.78, 5) is 26.2.